The third-order valence-corrected chi connectivity index (χ3v) is 5.96. The topological polar surface area (TPSA) is 148 Å². The molecule has 6 N–H and O–H groups in total. The zero-order chi connectivity index (χ0) is 22.8. The molecule has 0 aliphatic carbocycles. The van der Waals surface area contributed by atoms with Gasteiger partial charge in [-0.25, -0.2) is 0 Å². The molecule has 4 unspecified atom stereocenters. The van der Waals surface area contributed by atoms with Crippen molar-refractivity contribution in [3.05, 3.63) is 71.8 Å². The number of hydrogen-bond donors (Lipinski definition) is 4. The Morgan fingerprint density at radius 1 is 1.10 bits per heavy atom. The van der Waals surface area contributed by atoms with E-state index >= 15 is 0 Å². The fourth-order valence-electron chi connectivity index (χ4n) is 2.82. The highest BCUT2D eigenvalue weighted by Gasteiger charge is 2.28. The van der Waals surface area contributed by atoms with Gasteiger partial charge in [-0.15, -0.1) is 0 Å². The number of rotatable bonds is 10. The highest BCUT2D eigenvalue weighted by Crippen LogP contribution is 2.06. The number of nitrogens with two attached hydrogens (primary N) is 2. The molecule has 0 bridgehead atoms. The van der Waals surface area contributed by atoms with E-state index in [2.05, 4.69) is 10.3 Å². The smallest absolute Gasteiger partial charge is 0.278 e. The second-order valence-electron chi connectivity index (χ2n) is 7.01. The largest absolute Gasteiger partial charge is 0.383 e. The fraction of sp³-hybridized carbons (Fsp3) is 0.318. The number of hydrogen-bond acceptors (Lipinski definition) is 5. The summed E-state index contributed by atoms with van der Waals surface area (Å²) in [5.41, 5.74) is 13.1. The predicted molar refractivity (Wildman–Crippen MR) is 122 cm³/mol. The molecule has 0 saturated carbocycles. The van der Waals surface area contributed by atoms with Crippen LogP contribution < -0.4 is 16.8 Å². The second kappa shape index (κ2) is 12.1. The maximum atomic E-state index is 12.4. The predicted octanol–water partition coefficient (Wildman–Crippen LogP) is 0.450. The van der Waals surface area contributed by atoms with Crippen LogP contribution in [0.2, 0.25) is 0 Å². The Kier molecular flexibility index (Phi) is 9.51. The van der Waals surface area contributed by atoms with E-state index in [1.165, 1.54) is 0 Å². The van der Waals surface area contributed by atoms with Crippen molar-refractivity contribution in [2.75, 3.05) is 5.75 Å². The highest BCUT2D eigenvalue weighted by atomic mass is 32.2. The van der Waals surface area contributed by atoms with E-state index in [-0.39, 0.29) is 23.8 Å². The molecule has 8 nitrogen and oxygen atoms in total. The average Bonchev–Trinajstić information content (AvgIpc) is 2.77. The summed E-state index contributed by atoms with van der Waals surface area (Å²) in [4.78, 5) is 28.5. The van der Waals surface area contributed by atoms with Gasteiger partial charge in [0.1, 0.15) is 5.84 Å². The van der Waals surface area contributed by atoms with Gasteiger partial charge in [0.25, 0.3) is 5.91 Å². The molecule has 166 valence electrons. The number of aliphatic hydroxyl groups excluding tert-OH is 1. The van der Waals surface area contributed by atoms with Crippen molar-refractivity contribution < 1.29 is 18.9 Å². The number of amidine groups is 1. The van der Waals surface area contributed by atoms with E-state index in [9.17, 15) is 18.9 Å². The Morgan fingerprint density at radius 3 is 2.26 bits per heavy atom. The number of aliphatic hydroxyl groups is 1. The Labute approximate surface area is 184 Å². The number of aliphatic imine (C=N–C) groups is 1. The summed E-state index contributed by atoms with van der Waals surface area (Å²) < 4.78 is 12.3. The summed E-state index contributed by atoms with van der Waals surface area (Å²) in [5, 5.41) is 12.9. The van der Waals surface area contributed by atoms with Crippen LogP contribution in [-0.4, -0.2) is 50.9 Å². The number of carbonyl (C=O) groups excluding carboxylic acids is 2. The lowest BCUT2D eigenvalue weighted by atomic mass is 10.1. The number of nitrogens with one attached hydrogen (secondary N) is 1. The average molecular weight is 445 g/mol. The van der Waals surface area contributed by atoms with E-state index in [1.54, 1.807) is 37.3 Å². The number of carbonyl (C=O) groups is 2. The molecule has 0 saturated heterocycles. The van der Waals surface area contributed by atoms with E-state index in [4.69, 9.17) is 11.5 Å². The molecule has 2 amide bonds. The quantitative estimate of drug-likeness (QED) is 0.309. The first-order valence-corrected chi connectivity index (χ1v) is 11.4. The molecule has 31 heavy (non-hydrogen) atoms. The maximum Gasteiger partial charge on any atom is 0.278 e. The molecule has 9 heteroatoms. The van der Waals surface area contributed by atoms with Crippen LogP contribution in [0.3, 0.4) is 0 Å². The van der Waals surface area contributed by atoms with Gasteiger partial charge in [0, 0.05) is 27.9 Å². The molecule has 0 heterocycles. The SMILES string of the molecule is CCC(NC(=O)C(N)CS(=O)Cc1ccccc1)C(O)C(=O)N=C(N)c1ccccc1. The lowest BCUT2D eigenvalue weighted by Gasteiger charge is -2.22. The maximum absolute atomic E-state index is 12.4. The minimum absolute atomic E-state index is 0.0289. The lowest BCUT2D eigenvalue weighted by molar-refractivity contribution is -0.129. The van der Waals surface area contributed by atoms with Crippen LogP contribution in [0.1, 0.15) is 24.5 Å². The summed E-state index contributed by atoms with van der Waals surface area (Å²) in [6.45, 7) is 1.70. The molecule has 0 fully saturated rings. The third-order valence-electron chi connectivity index (χ3n) is 4.57. The standard InChI is InChI=1S/C22H28N4O4S/c1-2-18(19(27)22(29)26-20(24)16-11-7-4-8-12-16)25-21(28)17(23)14-31(30)13-15-9-5-3-6-10-15/h3-12,17-19,27H,2,13-14,23H2,1H3,(H,25,28)(H2,24,26,29). The summed E-state index contributed by atoms with van der Waals surface area (Å²) in [6.07, 6.45) is -1.32. The van der Waals surface area contributed by atoms with Gasteiger partial charge in [0.15, 0.2) is 6.10 Å². The van der Waals surface area contributed by atoms with Gasteiger partial charge in [-0.3, -0.25) is 13.8 Å². The summed E-state index contributed by atoms with van der Waals surface area (Å²) in [5.74, 6) is -1.25. The van der Waals surface area contributed by atoms with Crippen LogP contribution in [0.25, 0.3) is 0 Å². The van der Waals surface area contributed by atoms with E-state index in [0.717, 1.165) is 5.56 Å². The van der Waals surface area contributed by atoms with Crippen molar-refractivity contribution in [1.82, 2.24) is 5.32 Å². The van der Waals surface area contributed by atoms with Crippen LogP contribution in [0, 0.1) is 0 Å². The van der Waals surface area contributed by atoms with Crippen LogP contribution in [-0.2, 0) is 26.1 Å². The number of amides is 2. The van der Waals surface area contributed by atoms with Crippen molar-refractivity contribution in [3.63, 3.8) is 0 Å². The molecule has 2 rings (SSSR count). The summed E-state index contributed by atoms with van der Waals surface area (Å²) in [7, 11) is -1.34. The fourth-order valence-corrected chi connectivity index (χ4v) is 4.05. The molecule has 0 aromatic heterocycles. The summed E-state index contributed by atoms with van der Waals surface area (Å²) in [6, 6.07) is 16.0. The third kappa shape index (κ3) is 7.71. The van der Waals surface area contributed by atoms with Crippen molar-refractivity contribution in [1.29, 1.82) is 0 Å². The first kappa shape index (κ1) is 24.4. The Balaban J connectivity index is 1.93. The van der Waals surface area contributed by atoms with Gasteiger partial charge in [0.2, 0.25) is 5.91 Å². The first-order valence-electron chi connectivity index (χ1n) is 9.88. The van der Waals surface area contributed by atoms with Crippen molar-refractivity contribution in [3.8, 4) is 0 Å². The van der Waals surface area contributed by atoms with Crippen molar-refractivity contribution >= 4 is 28.4 Å². The molecule has 0 radical (unpaired) electrons. The van der Waals surface area contributed by atoms with E-state index < -0.39 is 40.8 Å². The van der Waals surface area contributed by atoms with Gasteiger partial charge >= 0.3 is 0 Å². The molecule has 2 aromatic carbocycles. The Bertz CT molecular complexity index is 922. The number of benzene rings is 2. The minimum atomic E-state index is -1.58. The van der Waals surface area contributed by atoms with Crippen LogP contribution in [0.5, 0.6) is 0 Å². The van der Waals surface area contributed by atoms with Gasteiger partial charge in [0.05, 0.1) is 12.1 Å². The van der Waals surface area contributed by atoms with Gasteiger partial charge < -0.3 is 21.9 Å². The molecule has 0 aliphatic rings. The molecule has 0 aliphatic heterocycles. The monoisotopic (exact) mass is 444 g/mol. The molecular formula is C22H28N4O4S. The normalized spacial score (nSPS) is 15.5. The summed E-state index contributed by atoms with van der Waals surface area (Å²) >= 11 is 0. The Hall–Kier alpha value is -2.88. The minimum Gasteiger partial charge on any atom is -0.383 e. The lowest BCUT2D eigenvalue weighted by Crippen LogP contribution is -2.52. The van der Waals surface area contributed by atoms with E-state index in [0.29, 0.717) is 5.56 Å². The van der Waals surface area contributed by atoms with Gasteiger partial charge in [-0.1, -0.05) is 67.6 Å². The van der Waals surface area contributed by atoms with Gasteiger partial charge in [-0.2, -0.15) is 4.99 Å². The van der Waals surface area contributed by atoms with Crippen molar-refractivity contribution in [2.45, 2.75) is 37.3 Å². The molecule has 4 atom stereocenters. The van der Waals surface area contributed by atoms with Gasteiger partial charge in [-0.05, 0) is 12.0 Å². The second-order valence-corrected chi connectivity index (χ2v) is 8.51. The number of nitrogens with zero attached hydrogens (tertiary/aromatic N) is 1. The molecule has 0 spiro atoms. The zero-order valence-corrected chi connectivity index (χ0v) is 18.1. The van der Waals surface area contributed by atoms with E-state index in [1.807, 2.05) is 30.3 Å². The highest BCUT2D eigenvalue weighted by molar-refractivity contribution is 7.84. The van der Waals surface area contributed by atoms with Crippen molar-refractivity contribution in [2.24, 2.45) is 16.5 Å². The molecular weight excluding hydrogens is 416 g/mol. The first-order chi connectivity index (χ1) is 14.8. The van der Waals surface area contributed by atoms with Crippen LogP contribution in [0.4, 0.5) is 0 Å². The zero-order valence-electron chi connectivity index (χ0n) is 17.3. The molecule has 2 aromatic rings. The Morgan fingerprint density at radius 2 is 1.68 bits per heavy atom. The van der Waals surface area contributed by atoms with Crippen LogP contribution in [0.15, 0.2) is 65.7 Å². The van der Waals surface area contributed by atoms with Crippen LogP contribution >= 0.6 is 0 Å².